The zero-order chi connectivity index (χ0) is 11.5. The Morgan fingerprint density at radius 3 is 2.81 bits per heavy atom. The highest BCUT2D eigenvalue weighted by molar-refractivity contribution is 5.85. The number of rotatable bonds is 0. The van der Waals surface area contributed by atoms with Crippen LogP contribution < -0.4 is 5.73 Å². The molecule has 2 heteroatoms. The zero-order valence-corrected chi connectivity index (χ0v) is 10.1. The Morgan fingerprint density at radius 2 is 2.00 bits per heavy atom. The quantitative estimate of drug-likeness (QED) is 0.695. The molecule has 0 amide bonds. The molecule has 2 aromatic rings. The molecule has 0 saturated carbocycles. The summed E-state index contributed by atoms with van der Waals surface area (Å²) in [5, 5.41) is 1.36. The number of aromatic nitrogens is 1. The molecule has 0 radical (unpaired) electrons. The zero-order valence-electron chi connectivity index (χ0n) is 10.1. The summed E-state index contributed by atoms with van der Waals surface area (Å²) in [4.78, 5) is 3.44. The number of H-pyrrole nitrogens is 1. The molecule has 1 aliphatic rings. The summed E-state index contributed by atoms with van der Waals surface area (Å²) in [6, 6.07) is 8.68. The van der Waals surface area contributed by atoms with E-state index in [9.17, 15) is 0 Å². The molecule has 1 aromatic carbocycles. The number of hydrogen-bond donors (Lipinski definition) is 2. The highest BCUT2D eigenvalue weighted by atomic mass is 14.8. The van der Waals surface area contributed by atoms with Gasteiger partial charge in [0.05, 0.1) is 0 Å². The first-order chi connectivity index (χ1) is 7.86. The van der Waals surface area contributed by atoms with Crippen LogP contribution in [-0.2, 0) is 6.42 Å². The van der Waals surface area contributed by atoms with Gasteiger partial charge in [0.2, 0.25) is 0 Å². The molecule has 3 N–H and O–H groups in total. The van der Waals surface area contributed by atoms with E-state index >= 15 is 0 Å². The second kappa shape index (κ2) is 4.71. The Bertz CT molecular complexity index is 471. The van der Waals surface area contributed by atoms with Crippen LogP contribution in [0.5, 0.6) is 0 Å². The van der Waals surface area contributed by atoms with E-state index in [0.717, 1.165) is 6.42 Å². The molecule has 1 unspecified atom stereocenters. The van der Waals surface area contributed by atoms with E-state index in [4.69, 9.17) is 5.73 Å². The Hall–Kier alpha value is -1.28. The van der Waals surface area contributed by atoms with Gasteiger partial charge in [-0.25, -0.2) is 0 Å². The molecule has 86 valence electrons. The molecule has 0 bridgehead atoms. The maximum Gasteiger partial charge on any atom is 0.0459 e. The minimum atomic E-state index is 0.214. The molecule has 2 nitrogen and oxygen atoms in total. The van der Waals surface area contributed by atoms with Crippen molar-refractivity contribution in [3.63, 3.8) is 0 Å². The number of nitrogens with two attached hydrogens (primary N) is 1. The van der Waals surface area contributed by atoms with Crippen molar-refractivity contribution in [2.45, 2.75) is 39.2 Å². The molecule has 3 rings (SSSR count). The molecule has 0 aliphatic heterocycles. The Morgan fingerprint density at radius 1 is 1.25 bits per heavy atom. The van der Waals surface area contributed by atoms with Gasteiger partial charge in [0, 0.05) is 22.6 Å². The van der Waals surface area contributed by atoms with Crippen LogP contribution in [0.4, 0.5) is 0 Å². The minimum Gasteiger partial charge on any atom is -0.357 e. The molecule has 0 spiro atoms. The van der Waals surface area contributed by atoms with Crippen LogP contribution in [0.1, 0.15) is 44.0 Å². The third-order valence-electron chi connectivity index (χ3n) is 3.16. The number of aromatic amines is 1. The molecule has 0 fully saturated rings. The van der Waals surface area contributed by atoms with Gasteiger partial charge in [-0.3, -0.25) is 0 Å². The maximum absolute atomic E-state index is 6.08. The highest BCUT2D eigenvalue weighted by Crippen LogP contribution is 2.32. The smallest absolute Gasteiger partial charge is 0.0459 e. The SMILES string of the molecule is CC.NC1CCCc2c1[nH]c1ccccc21. The van der Waals surface area contributed by atoms with Crippen molar-refractivity contribution in [1.82, 2.24) is 4.98 Å². The van der Waals surface area contributed by atoms with E-state index in [-0.39, 0.29) is 6.04 Å². The van der Waals surface area contributed by atoms with Gasteiger partial charge in [-0.2, -0.15) is 0 Å². The van der Waals surface area contributed by atoms with Crippen LogP contribution in [0.2, 0.25) is 0 Å². The third-order valence-corrected chi connectivity index (χ3v) is 3.16. The first-order valence-corrected chi connectivity index (χ1v) is 6.21. The summed E-state index contributed by atoms with van der Waals surface area (Å²) in [5.74, 6) is 0. The molecular formula is C14H20N2. The van der Waals surface area contributed by atoms with Gasteiger partial charge in [-0.15, -0.1) is 0 Å². The van der Waals surface area contributed by atoms with Gasteiger partial charge >= 0.3 is 0 Å². The van der Waals surface area contributed by atoms with E-state index in [2.05, 4.69) is 29.2 Å². The van der Waals surface area contributed by atoms with Gasteiger partial charge in [-0.1, -0.05) is 32.0 Å². The highest BCUT2D eigenvalue weighted by Gasteiger charge is 2.20. The van der Waals surface area contributed by atoms with Gasteiger partial charge < -0.3 is 10.7 Å². The molecular weight excluding hydrogens is 196 g/mol. The van der Waals surface area contributed by atoms with Crippen molar-refractivity contribution in [2.24, 2.45) is 5.73 Å². The van der Waals surface area contributed by atoms with Crippen LogP contribution in [-0.4, -0.2) is 4.98 Å². The van der Waals surface area contributed by atoms with Crippen LogP contribution >= 0.6 is 0 Å². The van der Waals surface area contributed by atoms with Gasteiger partial charge in [0.15, 0.2) is 0 Å². The van der Waals surface area contributed by atoms with Crippen molar-refractivity contribution in [3.05, 3.63) is 35.5 Å². The predicted molar refractivity (Wildman–Crippen MR) is 69.5 cm³/mol. The summed E-state index contributed by atoms with van der Waals surface area (Å²) < 4.78 is 0. The summed E-state index contributed by atoms with van der Waals surface area (Å²) in [6.07, 6.45) is 3.50. The normalized spacial score (nSPS) is 18.8. The lowest BCUT2D eigenvalue weighted by atomic mass is 9.92. The van der Waals surface area contributed by atoms with E-state index in [1.807, 2.05) is 13.8 Å². The lowest BCUT2D eigenvalue weighted by Gasteiger charge is -2.18. The van der Waals surface area contributed by atoms with Crippen LogP contribution in [0.3, 0.4) is 0 Å². The molecule has 1 aliphatic carbocycles. The number of benzene rings is 1. The lowest BCUT2D eigenvalue weighted by molar-refractivity contribution is 0.562. The Balaban J connectivity index is 0.000000457. The first kappa shape index (κ1) is 11.2. The van der Waals surface area contributed by atoms with E-state index in [1.165, 1.54) is 35.0 Å². The monoisotopic (exact) mass is 216 g/mol. The number of fused-ring (bicyclic) bond motifs is 3. The summed E-state index contributed by atoms with van der Waals surface area (Å²) >= 11 is 0. The topological polar surface area (TPSA) is 41.8 Å². The van der Waals surface area contributed by atoms with E-state index in [0.29, 0.717) is 0 Å². The van der Waals surface area contributed by atoms with E-state index < -0.39 is 0 Å². The molecule has 16 heavy (non-hydrogen) atoms. The summed E-state index contributed by atoms with van der Waals surface area (Å²) in [6.45, 7) is 4.00. The maximum atomic E-state index is 6.08. The Labute approximate surface area is 96.9 Å². The van der Waals surface area contributed by atoms with Gasteiger partial charge in [0.25, 0.3) is 0 Å². The first-order valence-electron chi connectivity index (χ1n) is 6.21. The second-order valence-electron chi connectivity index (χ2n) is 4.06. The second-order valence-corrected chi connectivity index (χ2v) is 4.06. The predicted octanol–water partition coefficient (Wildman–Crippen LogP) is 3.53. The van der Waals surface area contributed by atoms with Crippen LogP contribution in [0, 0.1) is 0 Å². The third kappa shape index (κ3) is 1.74. The van der Waals surface area contributed by atoms with Crippen molar-refractivity contribution in [2.75, 3.05) is 0 Å². The Kier molecular flexibility index (Phi) is 3.30. The van der Waals surface area contributed by atoms with Crippen molar-refractivity contribution in [1.29, 1.82) is 0 Å². The molecule has 1 aromatic heterocycles. The fourth-order valence-corrected chi connectivity index (χ4v) is 2.45. The fourth-order valence-electron chi connectivity index (χ4n) is 2.45. The molecule has 1 heterocycles. The summed E-state index contributed by atoms with van der Waals surface area (Å²) in [5.41, 5.74) is 10.0. The van der Waals surface area contributed by atoms with Crippen molar-refractivity contribution in [3.8, 4) is 0 Å². The van der Waals surface area contributed by atoms with E-state index in [1.54, 1.807) is 0 Å². The minimum absolute atomic E-state index is 0.214. The number of nitrogens with one attached hydrogen (secondary N) is 1. The average molecular weight is 216 g/mol. The fraction of sp³-hybridized carbons (Fsp3) is 0.429. The standard InChI is InChI=1S/C12H14N2.C2H6/c13-10-6-3-5-9-8-4-1-2-7-11(8)14-12(9)10;1-2/h1-2,4,7,10,14H,3,5-6,13H2;1-2H3. The lowest BCUT2D eigenvalue weighted by Crippen LogP contribution is -2.16. The number of hydrogen-bond acceptors (Lipinski definition) is 1. The molecule has 0 saturated heterocycles. The number of aryl methyl sites for hydroxylation is 1. The van der Waals surface area contributed by atoms with Gasteiger partial charge in [0.1, 0.15) is 0 Å². The van der Waals surface area contributed by atoms with Crippen LogP contribution in [0.25, 0.3) is 10.9 Å². The number of para-hydroxylation sites is 1. The van der Waals surface area contributed by atoms with Crippen molar-refractivity contribution < 1.29 is 0 Å². The summed E-state index contributed by atoms with van der Waals surface area (Å²) in [7, 11) is 0. The van der Waals surface area contributed by atoms with Crippen molar-refractivity contribution >= 4 is 10.9 Å². The largest absolute Gasteiger partial charge is 0.357 e. The average Bonchev–Trinajstić information content (AvgIpc) is 2.72. The van der Waals surface area contributed by atoms with Gasteiger partial charge in [-0.05, 0) is 30.9 Å². The van der Waals surface area contributed by atoms with Crippen LogP contribution in [0.15, 0.2) is 24.3 Å². The molecule has 1 atom stereocenters.